The monoisotopic (exact) mass is 382 g/mol. The Hall–Kier alpha value is -2.85. The molecule has 0 saturated heterocycles. The maximum atomic E-state index is 13.5. The third kappa shape index (κ3) is 4.66. The number of halogens is 2. The fourth-order valence-electron chi connectivity index (χ4n) is 2.70. The summed E-state index contributed by atoms with van der Waals surface area (Å²) in [7, 11) is 0. The minimum atomic E-state index is -0.479. The molecule has 0 amide bonds. The zero-order chi connectivity index (χ0) is 19.4. The van der Waals surface area contributed by atoms with Gasteiger partial charge in [0.25, 0.3) is 0 Å². The van der Waals surface area contributed by atoms with E-state index in [1.54, 1.807) is 19.2 Å². The molecule has 0 bridgehead atoms. The number of benzene rings is 2. The molecule has 27 heavy (non-hydrogen) atoms. The highest BCUT2D eigenvalue weighted by molar-refractivity contribution is 6.31. The number of aromatic nitrogens is 1. The van der Waals surface area contributed by atoms with Crippen LogP contribution in [-0.4, -0.2) is 4.98 Å². The van der Waals surface area contributed by atoms with Gasteiger partial charge in [-0.1, -0.05) is 48.0 Å². The molecule has 5 heteroatoms. The van der Waals surface area contributed by atoms with Crippen molar-refractivity contribution in [1.29, 1.82) is 0 Å². The van der Waals surface area contributed by atoms with Crippen LogP contribution in [0.2, 0.25) is 5.02 Å². The minimum Gasteiger partial charge on any atom is -0.482 e. The highest BCUT2D eigenvalue weighted by Gasteiger charge is 2.14. The molecule has 3 aromatic rings. The number of nitrogen functional groups attached to an aromatic ring is 1. The van der Waals surface area contributed by atoms with Crippen molar-refractivity contribution >= 4 is 29.6 Å². The van der Waals surface area contributed by atoms with E-state index in [0.29, 0.717) is 16.3 Å². The Bertz CT molecular complexity index is 988. The minimum absolute atomic E-state index is 0.266. The summed E-state index contributed by atoms with van der Waals surface area (Å²) in [5, 5.41) is 0.436. The number of pyridine rings is 1. The van der Waals surface area contributed by atoms with E-state index in [9.17, 15) is 4.39 Å². The maximum absolute atomic E-state index is 13.5. The maximum Gasteiger partial charge on any atom is 0.166 e. The van der Waals surface area contributed by atoms with Gasteiger partial charge in [0.2, 0.25) is 0 Å². The number of nitrogens with two attached hydrogens (primary N) is 1. The first kappa shape index (κ1) is 18.9. The number of aryl methyl sites for hydroxylation is 1. The zero-order valence-electron chi connectivity index (χ0n) is 15.1. The lowest BCUT2D eigenvalue weighted by Crippen LogP contribution is -2.07. The number of anilines is 1. The Morgan fingerprint density at radius 3 is 2.70 bits per heavy atom. The Morgan fingerprint density at radius 1 is 1.15 bits per heavy atom. The van der Waals surface area contributed by atoms with E-state index in [0.717, 1.165) is 11.1 Å². The van der Waals surface area contributed by atoms with Gasteiger partial charge in [-0.2, -0.15) is 0 Å². The van der Waals surface area contributed by atoms with Gasteiger partial charge in [-0.3, -0.25) is 0 Å². The number of rotatable bonds is 5. The topological polar surface area (TPSA) is 48.1 Å². The summed E-state index contributed by atoms with van der Waals surface area (Å²) in [6.45, 7) is 3.84. The fourth-order valence-corrected chi connectivity index (χ4v) is 2.97. The fraction of sp³-hybridized carbons (Fsp3) is 0.136. The number of ether oxygens (including phenoxy) is 1. The molecule has 2 aromatic carbocycles. The third-order valence-corrected chi connectivity index (χ3v) is 4.59. The third-order valence-electron chi connectivity index (χ3n) is 4.25. The lowest BCUT2D eigenvalue weighted by molar-refractivity contribution is 0.227. The van der Waals surface area contributed by atoms with Crippen LogP contribution in [0.4, 0.5) is 10.2 Å². The lowest BCUT2D eigenvalue weighted by Gasteiger charge is -2.17. The van der Waals surface area contributed by atoms with E-state index in [1.165, 1.54) is 23.8 Å². The molecule has 1 unspecified atom stereocenters. The van der Waals surface area contributed by atoms with Crippen molar-refractivity contribution in [3.05, 3.63) is 87.8 Å². The molecular weight excluding hydrogens is 363 g/mol. The van der Waals surface area contributed by atoms with Crippen LogP contribution in [0.3, 0.4) is 0 Å². The highest BCUT2D eigenvalue weighted by atomic mass is 35.5. The molecule has 1 heterocycles. The molecule has 138 valence electrons. The molecule has 3 rings (SSSR count). The van der Waals surface area contributed by atoms with Gasteiger partial charge in [-0.25, -0.2) is 9.37 Å². The van der Waals surface area contributed by atoms with Crippen molar-refractivity contribution in [3.63, 3.8) is 0 Å². The van der Waals surface area contributed by atoms with Crippen molar-refractivity contribution in [2.24, 2.45) is 0 Å². The summed E-state index contributed by atoms with van der Waals surface area (Å²) >= 11 is 6.16. The van der Waals surface area contributed by atoms with Crippen molar-refractivity contribution in [2.75, 3.05) is 5.73 Å². The molecule has 2 N–H and O–H groups in total. The Balaban J connectivity index is 1.83. The van der Waals surface area contributed by atoms with Gasteiger partial charge in [-0.15, -0.1) is 0 Å². The summed E-state index contributed by atoms with van der Waals surface area (Å²) in [6.07, 6.45) is 5.16. The van der Waals surface area contributed by atoms with E-state index >= 15 is 0 Å². The van der Waals surface area contributed by atoms with E-state index < -0.39 is 6.10 Å². The molecule has 1 atom stereocenters. The van der Waals surface area contributed by atoms with Crippen LogP contribution in [0.5, 0.6) is 5.75 Å². The first-order valence-electron chi connectivity index (χ1n) is 8.55. The van der Waals surface area contributed by atoms with Gasteiger partial charge in [0.05, 0.1) is 0 Å². The van der Waals surface area contributed by atoms with Gasteiger partial charge < -0.3 is 10.5 Å². The summed E-state index contributed by atoms with van der Waals surface area (Å²) in [4.78, 5) is 4.19. The summed E-state index contributed by atoms with van der Waals surface area (Å²) in [5.41, 5.74) is 9.65. The van der Waals surface area contributed by atoms with E-state index in [1.807, 2.05) is 30.4 Å². The van der Waals surface area contributed by atoms with Crippen molar-refractivity contribution in [2.45, 2.75) is 20.0 Å². The molecule has 0 fully saturated rings. The largest absolute Gasteiger partial charge is 0.482 e. The quantitative estimate of drug-likeness (QED) is 0.582. The van der Waals surface area contributed by atoms with Gasteiger partial charge in [0.1, 0.15) is 11.9 Å². The van der Waals surface area contributed by atoms with Crippen LogP contribution in [0, 0.1) is 12.7 Å². The molecule has 1 aromatic heterocycles. The summed E-state index contributed by atoms with van der Waals surface area (Å²) in [6, 6.07) is 14.1. The van der Waals surface area contributed by atoms with Crippen LogP contribution in [-0.2, 0) is 0 Å². The van der Waals surface area contributed by atoms with Gasteiger partial charge in [0, 0.05) is 16.8 Å². The first-order chi connectivity index (χ1) is 12.9. The van der Waals surface area contributed by atoms with Crippen molar-refractivity contribution in [3.8, 4) is 5.75 Å². The molecule has 0 saturated carbocycles. The SMILES string of the molecule is Cc1ccccc1/C=C/c1cnc(N)c(OC(C)c2cc(F)ccc2Cl)c1. The van der Waals surface area contributed by atoms with Crippen molar-refractivity contribution in [1.82, 2.24) is 4.98 Å². The normalized spacial score (nSPS) is 12.3. The van der Waals surface area contributed by atoms with Gasteiger partial charge in [-0.05, 0) is 54.8 Å². The Labute approximate surface area is 163 Å². The molecule has 0 aliphatic rings. The second-order valence-electron chi connectivity index (χ2n) is 6.27. The molecular formula is C22H20ClFN2O. The predicted octanol–water partition coefficient (Wildman–Crippen LogP) is 6.08. The summed E-state index contributed by atoms with van der Waals surface area (Å²) in [5.74, 6) is 0.322. The standard InChI is InChI=1S/C22H20ClFN2O/c1-14-5-3-4-6-17(14)8-7-16-11-21(22(25)26-13-16)27-15(2)19-12-18(24)9-10-20(19)23/h3-13,15H,1-2H3,(H2,25,26)/b8-7+. The number of hydrogen-bond donors (Lipinski definition) is 1. The second-order valence-corrected chi connectivity index (χ2v) is 6.68. The van der Waals surface area contributed by atoms with E-state index in [2.05, 4.69) is 18.0 Å². The molecule has 3 nitrogen and oxygen atoms in total. The van der Waals surface area contributed by atoms with Crippen LogP contribution < -0.4 is 10.5 Å². The Morgan fingerprint density at radius 2 is 1.93 bits per heavy atom. The average Bonchev–Trinajstić information content (AvgIpc) is 2.65. The van der Waals surface area contributed by atoms with Gasteiger partial charge in [0.15, 0.2) is 11.6 Å². The van der Waals surface area contributed by atoms with Crippen LogP contribution in [0.25, 0.3) is 12.2 Å². The number of hydrogen-bond acceptors (Lipinski definition) is 3. The van der Waals surface area contributed by atoms with Gasteiger partial charge >= 0.3 is 0 Å². The zero-order valence-corrected chi connectivity index (χ0v) is 15.9. The lowest BCUT2D eigenvalue weighted by atomic mass is 10.1. The molecule has 0 aliphatic heterocycles. The van der Waals surface area contributed by atoms with Crippen molar-refractivity contribution < 1.29 is 9.13 Å². The highest BCUT2D eigenvalue weighted by Crippen LogP contribution is 2.31. The molecule has 0 spiro atoms. The van der Waals surface area contributed by atoms with Crippen LogP contribution in [0.15, 0.2) is 54.7 Å². The molecule has 0 aliphatic carbocycles. The second kappa shape index (κ2) is 8.23. The first-order valence-corrected chi connectivity index (χ1v) is 8.92. The smallest absolute Gasteiger partial charge is 0.166 e. The average molecular weight is 383 g/mol. The number of nitrogens with zero attached hydrogens (tertiary/aromatic N) is 1. The summed E-state index contributed by atoms with van der Waals surface area (Å²) < 4.78 is 19.4. The van der Waals surface area contributed by atoms with Crippen LogP contribution in [0.1, 0.15) is 35.3 Å². The predicted molar refractivity (Wildman–Crippen MR) is 109 cm³/mol. The Kier molecular flexibility index (Phi) is 5.77. The molecule has 0 radical (unpaired) electrons. The van der Waals surface area contributed by atoms with E-state index in [-0.39, 0.29) is 11.6 Å². The van der Waals surface area contributed by atoms with Crippen LogP contribution >= 0.6 is 11.6 Å². The van der Waals surface area contributed by atoms with E-state index in [4.69, 9.17) is 22.1 Å².